The van der Waals surface area contributed by atoms with Crippen LogP contribution in [0.1, 0.15) is 5.56 Å². The number of pyridine rings is 1. The fourth-order valence-corrected chi connectivity index (χ4v) is 3.34. The number of benzene rings is 1. The number of nitrogens with zero attached hydrogens (tertiary/aromatic N) is 3. The molecule has 3 N–H and O–H groups in total. The molecule has 0 bridgehead atoms. The van der Waals surface area contributed by atoms with Gasteiger partial charge in [0.05, 0.1) is 4.90 Å². The average Bonchev–Trinajstić information content (AvgIpc) is 2.67. The van der Waals surface area contributed by atoms with Gasteiger partial charge in [0, 0.05) is 19.3 Å². The van der Waals surface area contributed by atoms with Crippen molar-refractivity contribution in [2.24, 2.45) is 0 Å². The van der Waals surface area contributed by atoms with Gasteiger partial charge in [0.25, 0.3) is 0 Å². The number of aromatic nitrogens is 3. The monoisotopic (exact) mass is 384 g/mol. The summed E-state index contributed by atoms with van der Waals surface area (Å²) in [5.41, 5.74) is 1.09. The third-order valence-electron chi connectivity index (χ3n) is 3.61. The second kappa shape index (κ2) is 8.56. The molecule has 2 heterocycles. The zero-order valence-electron chi connectivity index (χ0n) is 14.8. The third-order valence-corrected chi connectivity index (χ3v) is 5.09. The van der Waals surface area contributed by atoms with Crippen LogP contribution in [0.4, 0.5) is 17.5 Å². The second-order valence-electron chi connectivity index (χ2n) is 5.78. The molecule has 0 saturated heterocycles. The Balaban J connectivity index is 1.48. The van der Waals surface area contributed by atoms with E-state index < -0.39 is 10.0 Å². The summed E-state index contributed by atoms with van der Waals surface area (Å²) >= 11 is 0. The molecule has 0 aliphatic heterocycles. The molecule has 1 aromatic carbocycles. The van der Waals surface area contributed by atoms with Gasteiger partial charge in [-0.15, -0.1) is 10.2 Å². The molecule has 0 atom stereocenters. The summed E-state index contributed by atoms with van der Waals surface area (Å²) in [7, 11) is -3.50. The van der Waals surface area contributed by atoms with Crippen molar-refractivity contribution in [2.45, 2.75) is 11.8 Å². The number of aryl methyl sites for hydroxylation is 1. The highest BCUT2D eigenvalue weighted by molar-refractivity contribution is 7.89. The van der Waals surface area contributed by atoms with Crippen molar-refractivity contribution in [3.05, 3.63) is 66.4 Å². The molecular weight excluding hydrogens is 364 g/mol. The van der Waals surface area contributed by atoms with E-state index in [0.29, 0.717) is 24.0 Å². The predicted molar refractivity (Wildman–Crippen MR) is 104 cm³/mol. The predicted octanol–water partition coefficient (Wildman–Crippen LogP) is 2.31. The van der Waals surface area contributed by atoms with E-state index >= 15 is 0 Å². The van der Waals surface area contributed by atoms with Crippen molar-refractivity contribution < 1.29 is 8.42 Å². The highest BCUT2D eigenvalue weighted by Gasteiger charge is 2.11. The molecule has 2 aromatic heterocycles. The smallest absolute Gasteiger partial charge is 0.240 e. The number of hydrogen-bond donors (Lipinski definition) is 3. The van der Waals surface area contributed by atoms with Gasteiger partial charge in [-0.25, -0.2) is 18.1 Å². The molecule has 3 rings (SSSR count). The summed E-state index contributed by atoms with van der Waals surface area (Å²) in [6, 6.07) is 15.6. The van der Waals surface area contributed by atoms with Crippen LogP contribution in [0.3, 0.4) is 0 Å². The fraction of sp³-hybridized carbons (Fsp3) is 0.167. The summed E-state index contributed by atoms with van der Waals surface area (Å²) in [4.78, 5) is 4.45. The van der Waals surface area contributed by atoms with E-state index in [-0.39, 0.29) is 11.4 Å². The molecule has 0 unspecified atom stereocenters. The topological polar surface area (TPSA) is 109 Å². The Morgan fingerprint density at radius 1 is 0.889 bits per heavy atom. The molecule has 0 aliphatic carbocycles. The van der Waals surface area contributed by atoms with E-state index in [1.165, 1.54) is 0 Å². The van der Waals surface area contributed by atoms with E-state index in [2.05, 4.69) is 30.5 Å². The first-order chi connectivity index (χ1) is 13.0. The van der Waals surface area contributed by atoms with E-state index in [1.54, 1.807) is 48.7 Å². The van der Waals surface area contributed by atoms with Gasteiger partial charge in [0.2, 0.25) is 10.0 Å². The van der Waals surface area contributed by atoms with E-state index in [4.69, 9.17) is 0 Å². The third kappa shape index (κ3) is 5.47. The summed E-state index contributed by atoms with van der Waals surface area (Å²) in [5, 5.41) is 14.2. The van der Waals surface area contributed by atoms with E-state index in [1.807, 2.05) is 19.1 Å². The first kappa shape index (κ1) is 18.7. The maximum absolute atomic E-state index is 12.1. The summed E-state index contributed by atoms with van der Waals surface area (Å²) in [6.45, 7) is 2.59. The second-order valence-corrected chi connectivity index (χ2v) is 7.55. The van der Waals surface area contributed by atoms with Crippen LogP contribution >= 0.6 is 0 Å². The Morgan fingerprint density at radius 2 is 1.63 bits per heavy atom. The van der Waals surface area contributed by atoms with Crippen LogP contribution in [0.15, 0.2) is 65.7 Å². The molecule has 0 saturated carbocycles. The average molecular weight is 384 g/mol. The molecule has 27 heavy (non-hydrogen) atoms. The summed E-state index contributed by atoms with van der Waals surface area (Å²) < 4.78 is 26.7. The van der Waals surface area contributed by atoms with Gasteiger partial charge in [-0.3, -0.25) is 0 Å². The van der Waals surface area contributed by atoms with Crippen molar-refractivity contribution in [1.82, 2.24) is 19.9 Å². The van der Waals surface area contributed by atoms with Crippen molar-refractivity contribution in [1.29, 1.82) is 0 Å². The minimum absolute atomic E-state index is 0.228. The van der Waals surface area contributed by atoms with Crippen LogP contribution in [0, 0.1) is 6.92 Å². The van der Waals surface area contributed by atoms with Crippen LogP contribution in [0.25, 0.3) is 0 Å². The zero-order valence-corrected chi connectivity index (χ0v) is 15.6. The number of sulfonamides is 1. The van der Waals surface area contributed by atoms with Gasteiger partial charge >= 0.3 is 0 Å². The number of hydrogen-bond acceptors (Lipinski definition) is 7. The van der Waals surface area contributed by atoms with Gasteiger partial charge < -0.3 is 10.6 Å². The van der Waals surface area contributed by atoms with Crippen molar-refractivity contribution >= 4 is 27.5 Å². The Bertz CT molecular complexity index is 978. The van der Waals surface area contributed by atoms with Crippen molar-refractivity contribution in [3.63, 3.8) is 0 Å². The Hall–Kier alpha value is -3.04. The van der Waals surface area contributed by atoms with Gasteiger partial charge in [-0.05, 0) is 48.9 Å². The minimum Gasteiger partial charge on any atom is -0.367 e. The van der Waals surface area contributed by atoms with Crippen molar-refractivity contribution in [3.8, 4) is 0 Å². The lowest BCUT2D eigenvalue weighted by molar-refractivity contribution is 0.583. The summed E-state index contributed by atoms with van der Waals surface area (Å²) in [6.07, 6.45) is 1.72. The first-order valence-corrected chi connectivity index (χ1v) is 9.83. The van der Waals surface area contributed by atoms with E-state index in [0.717, 1.165) is 5.56 Å². The minimum atomic E-state index is -3.50. The molecule has 9 heteroatoms. The maximum atomic E-state index is 12.1. The fourth-order valence-electron chi connectivity index (χ4n) is 2.29. The molecule has 0 aliphatic rings. The molecule has 0 fully saturated rings. The van der Waals surface area contributed by atoms with Gasteiger partial charge in [0.15, 0.2) is 5.82 Å². The zero-order chi connectivity index (χ0) is 19.1. The Labute approximate surface area is 158 Å². The van der Waals surface area contributed by atoms with Gasteiger partial charge in [0.1, 0.15) is 11.6 Å². The van der Waals surface area contributed by atoms with Gasteiger partial charge in [-0.1, -0.05) is 18.2 Å². The quantitative estimate of drug-likeness (QED) is 0.511. The lowest BCUT2D eigenvalue weighted by atomic mass is 10.3. The van der Waals surface area contributed by atoms with Crippen LogP contribution < -0.4 is 15.4 Å². The normalized spacial score (nSPS) is 11.1. The van der Waals surface area contributed by atoms with Crippen LogP contribution in [0.5, 0.6) is 0 Å². The Kier molecular flexibility index (Phi) is 5.94. The number of rotatable bonds is 8. The van der Waals surface area contributed by atoms with Crippen LogP contribution in [-0.4, -0.2) is 36.7 Å². The lowest BCUT2D eigenvalue weighted by Crippen LogP contribution is -2.29. The van der Waals surface area contributed by atoms with Gasteiger partial charge in [-0.2, -0.15) is 0 Å². The lowest BCUT2D eigenvalue weighted by Gasteiger charge is -2.09. The van der Waals surface area contributed by atoms with Crippen LogP contribution in [0.2, 0.25) is 0 Å². The molecule has 0 spiro atoms. The number of anilines is 3. The highest BCUT2D eigenvalue weighted by Crippen LogP contribution is 2.13. The SMILES string of the molecule is Cc1ccnc(Nc2ccc(NCCNS(=O)(=O)c3ccccc3)nn2)c1. The molecule has 3 aromatic rings. The highest BCUT2D eigenvalue weighted by atomic mass is 32.2. The first-order valence-electron chi connectivity index (χ1n) is 8.35. The molecule has 0 amide bonds. The molecular formula is C18H20N6O2S. The van der Waals surface area contributed by atoms with Crippen molar-refractivity contribution in [2.75, 3.05) is 23.7 Å². The Morgan fingerprint density at radius 3 is 2.33 bits per heavy atom. The van der Waals surface area contributed by atoms with E-state index in [9.17, 15) is 8.42 Å². The molecule has 0 radical (unpaired) electrons. The molecule has 140 valence electrons. The number of nitrogens with one attached hydrogen (secondary N) is 3. The largest absolute Gasteiger partial charge is 0.367 e. The maximum Gasteiger partial charge on any atom is 0.240 e. The molecule has 8 nitrogen and oxygen atoms in total. The summed E-state index contributed by atoms with van der Waals surface area (Å²) in [5.74, 6) is 1.82. The standard InChI is InChI=1S/C18H20N6O2S/c1-14-9-10-19-18(13-14)22-17-8-7-16(23-24-17)20-11-12-21-27(25,26)15-5-3-2-4-6-15/h2-10,13,21H,11-12H2,1H3,(H,20,23)(H,19,22,24). The van der Waals surface area contributed by atoms with Crippen LogP contribution in [-0.2, 0) is 10.0 Å².